The Morgan fingerprint density at radius 1 is 0.655 bits per heavy atom. The van der Waals surface area contributed by atoms with Crippen molar-refractivity contribution in [2.24, 2.45) is 0 Å². The summed E-state index contributed by atoms with van der Waals surface area (Å²) in [7, 11) is -1.45. The second-order valence-electron chi connectivity index (χ2n) is 7.85. The summed E-state index contributed by atoms with van der Waals surface area (Å²) in [4.78, 5) is 28.8. The van der Waals surface area contributed by atoms with Crippen LogP contribution in [0.1, 0.15) is 13.8 Å². The van der Waals surface area contributed by atoms with Crippen LogP contribution < -0.4 is 15.6 Å². The topological polar surface area (TPSA) is 40.6 Å². The summed E-state index contributed by atoms with van der Waals surface area (Å²) in [5.74, 6) is -0.159. The Hall–Kier alpha value is -3.18. The third kappa shape index (κ3) is 2.73. The van der Waals surface area contributed by atoms with E-state index in [0.29, 0.717) is 0 Å². The molecule has 1 saturated heterocycles. The summed E-state index contributed by atoms with van der Waals surface area (Å²) in [6.07, 6.45) is 0. The molecule has 0 radical (unpaired) electrons. The van der Waals surface area contributed by atoms with Crippen LogP contribution in [0, 0.1) is 0 Å². The maximum atomic E-state index is 13.7. The average Bonchev–Trinajstić information content (AvgIpc) is 2.92. The summed E-state index contributed by atoms with van der Waals surface area (Å²) in [5.41, 5.74) is -0.895. The van der Waals surface area contributed by atoms with Crippen LogP contribution in [0.2, 0.25) is 0 Å². The Balaban J connectivity index is 2.13. The molecule has 3 aromatic carbocycles. The van der Waals surface area contributed by atoms with Crippen molar-refractivity contribution >= 4 is 35.7 Å². The van der Waals surface area contributed by atoms with Crippen LogP contribution in [0.5, 0.6) is 0 Å². The molecule has 3 aromatic rings. The molecular weight excluding hydrogens is 376 g/mol. The van der Waals surface area contributed by atoms with Gasteiger partial charge in [0, 0.05) is 7.05 Å². The number of hydrogen-bond acceptors (Lipinski definition) is 2. The summed E-state index contributed by atoms with van der Waals surface area (Å²) in [6.45, 7) is 3.63. The molecule has 0 unspecified atom stereocenters. The quantitative estimate of drug-likeness (QED) is 0.383. The maximum Gasteiger partial charge on any atom is 0.320 e. The fraction of sp³-hybridized carbons (Fsp3) is 0.167. The number of rotatable bonds is 4. The van der Waals surface area contributed by atoms with Crippen LogP contribution >= 0.6 is 0 Å². The van der Waals surface area contributed by atoms with Gasteiger partial charge >= 0.3 is 6.03 Å². The van der Waals surface area contributed by atoms with Gasteiger partial charge in [0.05, 0.1) is 0 Å². The van der Waals surface area contributed by atoms with Gasteiger partial charge in [-0.1, -0.05) is 91.0 Å². The number of carbonyl (C=O) groups is 2. The first-order valence-corrected chi connectivity index (χ1v) is 11.7. The SMILES string of the molecule is CN1C(=O)N([Si](c2ccccc2)(c2ccccc2)c2ccccc2)C(=O)C1(C)C. The number of benzene rings is 3. The van der Waals surface area contributed by atoms with Crippen molar-refractivity contribution in [3.63, 3.8) is 0 Å². The van der Waals surface area contributed by atoms with E-state index in [1.54, 1.807) is 16.5 Å². The number of amides is 3. The van der Waals surface area contributed by atoms with Gasteiger partial charge in [0.25, 0.3) is 8.24 Å². The van der Waals surface area contributed by atoms with Gasteiger partial charge in [-0.3, -0.25) is 9.36 Å². The molecule has 1 aliphatic rings. The number of urea groups is 1. The molecular formula is C24H24N2O2Si. The number of hydrogen-bond donors (Lipinski definition) is 0. The zero-order valence-electron chi connectivity index (χ0n) is 16.9. The Labute approximate surface area is 172 Å². The van der Waals surface area contributed by atoms with Crippen molar-refractivity contribution in [2.45, 2.75) is 19.4 Å². The number of nitrogens with zero attached hydrogens (tertiary/aromatic N) is 2. The van der Waals surface area contributed by atoms with E-state index >= 15 is 0 Å². The van der Waals surface area contributed by atoms with Crippen LogP contribution in [0.4, 0.5) is 4.79 Å². The summed E-state index contributed by atoms with van der Waals surface area (Å²) < 4.78 is 1.58. The molecule has 3 amide bonds. The normalized spacial score (nSPS) is 16.4. The Morgan fingerprint density at radius 3 is 1.28 bits per heavy atom. The molecule has 4 rings (SSSR count). The van der Waals surface area contributed by atoms with Gasteiger partial charge in [-0.05, 0) is 29.4 Å². The van der Waals surface area contributed by atoms with Crippen LogP contribution in [-0.2, 0) is 4.79 Å². The van der Waals surface area contributed by atoms with E-state index in [4.69, 9.17) is 0 Å². The molecule has 0 aliphatic carbocycles. The third-order valence-electron chi connectivity index (χ3n) is 5.95. The molecule has 1 aliphatic heterocycles. The number of likely N-dealkylation sites (N-methyl/N-ethyl adjacent to an activating group) is 1. The lowest BCUT2D eigenvalue weighted by Gasteiger charge is -2.39. The average molecular weight is 401 g/mol. The molecule has 29 heavy (non-hydrogen) atoms. The van der Waals surface area contributed by atoms with Crippen molar-refractivity contribution in [3.05, 3.63) is 91.0 Å². The van der Waals surface area contributed by atoms with Crippen molar-refractivity contribution in [1.29, 1.82) is 0 Å². The lowest BCUT2D eigenvalue weighted by molar-refractivity contribution is -0.128. The second kappa shape index (κ2) is 7.01. The predicted octanol–water partition coefficient (Wildman–Crippen LogP) is 2.33. The van der Waals surface area contributed by atoms with E-state index in [0.717, 1.165) is 15.6 Å². The Bertz CT molecular complexity index is 940. The van der Waals surface area contributed by atoms with Gasteiger partial charge in [0.2, 0.25) is 5.91 Å². The van der Waals surface area contributed by atoms with Gasteiger partial charge in [-0.2, -0.15) is 0 Å². The van der Waals surface area contributed by atoms with Crippen LogP contribution in [-0.4, -0.2) is 42.2 Å². The van der Waals surface area contributed by atoms with E-state index in [1.165, 1.54) is 0 Å². The first kappa shape index (κ1) is 19.1. The molecule has 146 valence electrons. The fourth-order valence-corrected chi connectivity index (χ4v) is 8.93. The van der Waals surface area contributed by atoms with Crippen LogP contribution in [0.25, 0.3) is 0 Å². The number of carbonyl (C=O) groups excluding carboxylic acids is 2. The monoisotopic (exact) mass is 400 g/mol. The minimum absolute atomic E-state index is 0.159. The van der Waals surface area contributed by atoms with E-state index in [-0.39, 0.29) is 11.9 Å². The van der Waals surface area contributed by atoms with Crippen molar-refractivity contribution in [3.8, 4) is 0 Å². The van der Waals surface area contributed by atoms with Gasteiger partial charge in [-0.25, -0.2) is 4.79 Å². The van der Waals surface area contributed by atoms with E-state index < -0.39 is 13.8 Å². The Kier molecular flexibility index (Phi) is 4.63. The largest absolute Gasteiger partial charge is 0.320 e. The van der Waals surface area contributed by atoms with Gasteiger partial charge < -0.3 is 4.90 Å². The molecule has 5 heteroatoms. The Morgan fingerprint density at radius 2 is 1.00 bits per heavy atom. The van der Waals surface area contributed by atoms with E-state index in [1.807, 2.05) is 105 Å². The molecule has 1 fully saturated rings. The molecule has 1 heterocycles. The summed E-state index contributed by atoms with van der Waals surface area (Å²) in [5, 5.41) is 3.01. The summed E-state index contributed by atoms with van der Waals surface area (Å²) >= 11 is 0. The second-order valence-corrected chi connectivity index (χ2v) is 11.4. The van der Waals surface area contributed by atoms with E-state index in [2.05, 4.69) is 0 Å². The molecule has 0 N–H and O–H groups in total. The predicted molar refractivity (Wildman–Crippen MR) is 118 cm³/mol. The molecule has 0 atom stereocenters. The zero-order valence-corrected chi connectivity index (χ0v) is 17.9. The first-order valence-electron chi connectivity index (χ1n) is 9.71. The highest BCUT2D eigenvalue weighted by Gasteiger charge is 2.60. The number of imide groups is 1. The molecule has 0 aromatic heterocycles. The van der Waals surface area contributed by atoms with Crippen LogP contribution in [0.3, 0.4) is 0 Å². The van der Waals surface area contributed by atoms with Crippen molar-refractivity contribution in [1.82, 2.24) is 9.47 Å². The van der Waals surface area contributed by atoms with Gasteiger partial charge in [-0.15, -0.1) is 0 Å². The first-order chi connectivity index (χ1) is 13.9. The molecule has 0 spiro atoms. The van der Waals surface area contributed by atoms with Crippen molar-refractivity contribution in [2.75, 3.05) is 7.05 Å². The third-order valence-corrected chi connectivity index (χ3v) is 10.5. The lowest BCUT2D eigenvalue weighted by Crippen LogP contribution is -2.78. The highest BCUT2D eigenvalue weighted by atomic mass is 28.3. The fourth-order valence-electron chi connectivity index (χ4n) is 4.11. The molecule has 0 bridgehead atoms. The standard InChI is InChI=1S/C24H24N2O2Si/c1-24(2)22(27)26(23(28)25(24)3)29(19-13-7-4-8-14-19,20-15-9-5-10-16-20)21-17-11-6-12-18-21/h4-18H,1-3H3. The summed E-state index contributed by atoms with van der Waals surface area (Å²) in [6, 6.07) is 29.7. The maximum absolute atomic E-state index is 13.7. The molecule has 4 nitrogen and oxygen atoms in total. The van der Waals surface area contributed by atoms with Gasteiger partial charge in [0.15, 0.2) is 0 Å². The van der Waals surface area contributed by atoms with Crippen LogP contribution in [0.15, 0.2) is 91.0 Å². The minimum atomic E-state index is -3.15. The lowest BCUT2D eigenvalue weighted by atomic mass is 10.1. The molecule has 0 saturated carbocycles. The van der Waals surface area contributed by atoms with Crippen molar-refractivity contribution < 1.29 is 9.59 Å². The van der Waals surface area contributed by atoms with E-state index in [9.17, 15) is 9.59 Å². The smallest absolute Gasteiger partial charge is 0.314 e. The highest BCUT2D eigenvalue weighted by molar-refractivity contribution is 7.11. The minimum Gasteiger partial charge on any atom is -0.314 e. The highest BCUT2D eigenvalue weighted by Crippen LogP contribution is 2.30. The van der Waals surface area contributed by atoms with Gasteiger partial charge in [0.1, 0.15) is 5.54 Å². The zero-order chi connectivity index (χ0) is 20.6.